The molecule has 0 unspecified atom stereocenters. The Morgan fingerprint density at radius 3 is 2.45 bits per heavy atom. The molecule has 1 aromatic carbocycles. The first-order chi connectivity index (χ1) is 14.3. The van der Waals surface area contributed by atoms with Crippen LogP contribution in [-0.4, -0.2) is 74.7 Å². The lowest BCUT2D eigenvalue weighted by Gasteiger charge is -2.38. The number of hydrogen-bond acceptors (Lipinski definition) is 3. The summed E-state index contributed by atoms with van der Waals surface area (Å²) in [5, 5.41) is 3.53. The summed E-state index contributed by atoms with van der Waals surface area (Å²) in [5.74, 6) is 1.16. The second-order valence-electron chi connectivity index (χ2n) is 9.13. The van der Waals surface area contributed by atoms with Crippen LogP contribution in [0.3, 0.4) is 0 Å². The van der Waals surface area contributed by atoms with E-state index in [1.165, 1.54) is 76.9 Å². The van der Waals surface area contributed by atoms with E-state index in [1.54, 1.807) is 0 Å². The number of likely N-dealkylation sites (tertiary alicyclic amines) is 1. The van der Waals surface area contributed by atoms with E-state index in [1.807, 2.05) is 0 Å². The molecule has 1 aromatic rings. The van der Waals surface area contributed by atoms with E-state index < -0.39 is 0 Å². The number of hydrogen-bond donors (Lipinski definition) is 1. The van der Waals surface area contributed by atoms with Crippen LogP contribution in [0.4, 0.5) is 5.69 Å². The number of guanidine groups is 1. The summed E-state index contributed by atoms with van der Waals surface area (Å²) in [4.78, 5) is 12.6. The van der Waals surface area contributed by atoms with Gasteiger partial charge >= 0.3 is 0 Å². The quantitative estimate of drug-likeness (QED) is 0.434. The number of benzene rings is 1. The molecule has 3 fully saturated rings. The van der Waals surface area contributed by atoms with Crippen molar-refractivity contribution in [1.82, 2.24) is 15.1 Å². The molecule has 5 heteroatoms. The molecule has 2 heterocycles. The maximum Gasteiger partial charge on any atom is 0.193 e. The van der Waals surface area contributed by atoms with E-state index >= 15 is 0 Å². The van der Waals surface area contributed by atoms with Crippen LogP contribution in [0, 0.1) is 5.41 Å². The van der Waals surface area contributed by atoms with Gasteiger partial charge in [-0.1, -0.05) is 24.6 Å². The first kappa shape index (κ1) is 20.5. The fraction of sp³-hybridized carbons (Fsp3) is 0.708. The monoisotopic (exact) mass is 397 g/mol. The number of para-hydroxylation sites is 1. The average Bonchev–Trinajstić information content (AvgIpc) is 3.20. The molecule has 160 valence electrons. The molecule has 2 aliphatic heterocycles. The number of piperazine rings is 1. The SMILES string of the molecule is CCNC(=NCCCCN1CCN(c2ccccc2)CC1)N1CCC2(CCC2)C1. The van der Waals surface area contributed by atoms with Crippen molar-refractivity contribution in [3.63, 3.8) is 0 Å². The third-order valence-electron chi connectivity index (χ3n) is 7.12. The third-order valence-corrected chi connectivity index (χ3v) is 7.12. The minimum atomic E-state index is 0.637. The van der Waals surface area contributed by atoms with Crippen molar-refractivity contribution in [2.24, 2.45) is 10.4 Å². The molecule has 0 radical (unpaired) electrons. The zero-order valence-electron chi connectivity index (χ0n) is 18.3. The summed E-state index contributed by atoms with van der Waals surface area (Å²) >= 11 is 0. The van der Waals surface area contributed by atoms with Crippen LogP contribution >= 0.6 is 0 Å². The number of rotatable bonds is 7. The van der Waals surface area contributed by atoms with E-state index in [9.17, 15) is 0 Å². The van der Waals surface area contributed by atoms with Gasteiger partial charge < -0.3 is 15.1 Å². The standard InChI is InChI=1S/C24H39N5/c1-2-25-23(29-16-13-24(21-29)11-8-12-24)26-14-6-7-15-27-17-19-28(20-18-27)22-9-4-3-5-10-22/h3-5,9-10H,2,6-8,11-21H2,1H3,(H,25,26). The van der Waals surface area contributed by atoms with Crippen LogP contribution in [-0.2, 0) is 0 Å². The fourth-order valence-electron chi connectivity index (χ4n) is 5.13. The van der Waals surface area contributed by atoms with E-state index in [0.717, 1.165) is 32.1 Å². The van der Waals surface area contributed by atoms with Gasteiger partial charge in [0.05, 0.1) is 0 Å². The third kappa shape index (κ3) is 5.25. The summed E-state index contributed by atoms with van der Waals surface area (Å²) in [6.07, 6.45) is 8.10. The van der Waals surface area contributed by atoms with Gasteiger partial charge in [-0.3, -0.25) is 9.89 Å². The second kappa shape index (κ2) is 9.84. The van der Waals surface area contributed by atoms with Gasteiger partial charge in [-0.05, 0) is 63.1 Å². The van der Waals surface area contributed by atoms with Crippen molar-refractivity contribution in [2.45, 2.75) is 45.4 Å². The highest BCUT2D eigenvalue weighted by Crippen LogP contribution is 2.47. The Morgan fingerprint density at radius 1 is 1.00 bits per heavy atom. The van der Waals surface area contributed by atoms with Gasteiger partial charge in [-0.25, -0.2) is 0 Å². The van der Waals surface area contributed by atoms with Crippen molar-refractivity contribution >= 4 is 11.6 Å². The van der Waals surface area contributed by atoms with Gasteiger partial charge in [0, 0.05) is 58.0 Å². The zero-order chi connectivity index (χ0) is 19.9. The van der Waals surface area contributed by atoms with E-state index in [4.69, 9.17) is 4.99 Å². The number of aliphatic imine (C=N–C) groups is 1. The van der Waals surface area contributed by atoms with Crippen molar-refractivity contribution in [3.05, 3.63) is 30.3 Å². The van der Waals surface area contributed by atoms with E-state index in [0.29, 0.717) is 5.41 Å². The van der Waals surface area contributed by atoms with Crippen molar-refractivity contribution in [2.75, 3.05) is 63.8 Å². The molecule has 1 aliphatic carbocycles. The molecule has 0 aromatic heterocycles. The molecule has 3 aliphatic rings. The lowest BCUT2D eigenvalue weighted by molar-refractivity contribution is 0.151. The summed E-state index contributed by atoms with van der Waals surface area (Å²) < 4.78 is 0. The molecule has 0 atom stereocenters. The molecular weight excluding hydrogens is 358 g/mol. The van der Waals surface area contributed by atoms with E-state index in [2.05, 4.69) is 57.3 Å². The van der Waals surface area contributed by atoms with Crippen LogP contribution in [0.25, 0.3) is 0 Å². The largest absolute Gasteiger partial charge is 0.369 e. The van der Waals surface area contributed by atoms with Gasteiger partial charge in [-0.2, -0.15) is 0 Å². The highest BCUT2D eigenvalue weighted by Gasteiger charge is 2.43. The highest BCUT2D eigenvalue weighted by atomic mass is 15.3. The zero-order valence-corrected chi connectivity index (χ0v) is 18.3. The van der Waals surface area contributed by atoms with Gasteiger partial charge in [-0.15, -0.1) is 0 Å². The molecule has 0 bridgehead atoms. The van der Waals surface area contributed by atoms with Crippen molar-refractivity contribution in [1.29, 1.82) is 0 Å². The molecule has 5 nitrogen and oxygen atoms in total. The Morgan fingerprint density at radius 2 is 1.79 bits per heavy atom. The van der Waals surface area contributed by atoms with Crippen LogP contribution in [0.1, 0.15) is 45.4 Å². The molecule has 1 N–H and O–H groups in total. The van der Waals surface area contributed by atoms with E-state index in [-0.39, 0.29) is 0 Å². The molecule has 2 saturated heterocycles. The van der Waals surface area contributed by atoms with Crippen LogP contribution < -0.4 is 10.2 Å². The molecule has 29 heavy (non-hydrogen) atoms. The second-order valence-corrected chi connectivity index (χ2v) is 9.13. The number of unbranched alkanes of at least 4 members (excludes halogenated alkanes) is 1. The van der Waals surface area contributed by atoms with Crippen LogP contribution in [0.5, 0.6) is 0 Å². The first-order valence-electron chi connectivity index (χ1n) is 11.8. The Bertz CT molecular complexity index is 646. The van der Waals surface area contributed by atoms with Gasteiger partial charge in [0.2, 0.25) is 0 Å². The molecule has 1 saturated carbocycles. The Balaban J connectivity index is 1.14. The van der Waals surface area contributed by atoms with Crippen molar-refractivity contribution in [3.8, 4) is 0 Å². The molecule has 1 spiro atoms. The maximum absolute atomic E-state index is 4.96. The lowest BCUT2D eigenvalue weighted by atomic mass is 9.68. The number of anilines is 1. The average molecular weight is 398 g/mol. The first-order valence-corrected chi connectivity index (χ1v) is 11.8. The highest BCUT2D eigenvalue weighted by molar-refractivity contribution is 5.80. The normalized spacial score (nSPS) is 22.2. The molecule has 4 rings (SSSR count). The minimum absolute atomic E-state index is 0.637. The fourth-order valence-corrected chi connectivity index (χ4v) is 5.13. The predicted molar refractivity (Wildman–Crippen MR) is 123 cm³/mol. The van der Waals surface area contributed by atoms with Gasteiger partial charge in [0.1, 0.15) is 0 Å². The summed E-state index contributed by atoms with van der Waals surface area (Å²) in [6, 6.07) is 10.8. The minimum Gasteiger partial charge on any atom is -0.369 e. The smallest absolute Gasteiger partial charge is 0.193 e. The Kier molecular flexibility index (Phi) is 6.96. The topological polar surface area (TPSA) is 34.1 Å². The predicted octanol–water partition coefficient (Wildman–Crippen LogP) is 3.43. The van der Waals surface area contributed by atoms with Crippen LogP contribution in [0.15, 0.2) is 35.3 Å². The lowest BCUT2D eigenvalue weighted by Crippen LogP contribution is -2.46. The Hall–Kier alpha value is -1.75. The van der Waals surface area contributed by atoms with Crippen molar-refractivity contribution < 1.29 is 0 Å². The summed E-state index contributed by atoms with van der Waals surface area (Å²) in [5.41, 5.74) is 2.00. The number of nitrogens with zero attached hydrogens (tertiary/aromatic N) is 4. The molecule has 0 amide bonds. The maximum atomic E-state index is 4.96. The Labute approximate surface area is 177 Å². The number of nitrogens with one attached hydrogen (secondary N) is 1. The summed E-state index contributed by atoms with van der Waals surface area (Å²) in [7, 11) is 0. The van der Waals surface area contributed by atoms with Crippen LogP contribution in [0.2, 0.25) is 0 Å². The molecular formula is C24H39N5. The van der Waals surface area contributed by atoms with Gasteiger partial charge in [0.25, 0.3) is 0 Å². The van der Waals surface area contributed by atoms with Gasteiger partial charge in [0.15, 0.2) is 5.96 Å². The summed E-state index contributed by atoms with van der Waals surface area (Å²) in [6.45, 7) is 12.4.